The molecule has 32 heavy (non-hydrogen) atoms. The molecule has 3 aromatic carbocycles. The van der Waals surface area contributed by atoms with Crippen LogP contribution >= 0.6 is 27.3 Å². The molecule has 1 aromatic heterocycles. The monoisotopic (exact) mass is 511 g/mol. The van der Waals surface area contributed by atoms with Gasteiger partial charge in [-0.15, -0.1) is 11.3 Å². The van der Waals surface area contributed by atoms with Crippen LogP contribution < -0.4 is 9.47 Å². The van der Waals surface area contributed by atoms with E-state index in [9.17, 15) is 4.79 Å². The Morgan fingerprint density at radius 2 is 1.84 bits per heavy atom. The van der Waals surface area contributed by atoms with Gasteiger partial charge in [-0.05, 0) is 70.4 Å². The van der Waals surface area contributed by atoms with E-state index in [1.165, 1.54) is 10.8 Å². The Morgan fingerprint density at radius 1 is 1.03 bits per heavy atom. The number of ether oxygens (including phenoxy) is 3. The largest absolute Gasteiger partial charge is 0.486 e. The summed E-state index contributed by atoms with van der Waals surface area (Å²) in [6.45, 7) is 4.26. The van der Waals surface area contributed by atoms with Crippen LogP contribution in [0, 0.1) is 6.92 Å². The van der Waals surface area contributed by atoms with E-state index in [2.05, 4.69) is 46.3 Å². The number of thiazole rings is 1. The summed E-state index contributed by atoms with van der Waals surface area (Å²) in [5.74, 6) is 0.953. The number of carbonyl (C=O) groups excluding carboxylic acids is 1. The van der Waals surface area contributed by atoms with Crippen LogP contribution in [0.1, 0.15) is 17.5 Å². The van der Waals surface area contributed by atoms with Gasteiger partial charge < -0.3 is 14.2 Å². The molecule has 0 aliphatic carbocycles. The normalized spacial score (nSPS) is 10.8. The van der Waals surface area contributed by atoms with Crippen molar-refractivity contribution in [1.82, 2.24) is 4.98 Å². The van der Waals surface area contributed by atoms with Crippen molar-refractivity contribution in [3.63, 3.8) is 0 Å². The molecule has 0 saturated carbocycles. The SMILES string of the molecule is CCOC(=O)COc1ccc(OCc2nc(-c3ccc4ccccc4c3)c(Br)s2)cc1C. The lowest BCUT2D eigenvalue weighted by molar-refractivity contribution is -0.145. The van der Waals surface area contributed by atoms with Crippen molar-refractivity contribution in [1.29, 1.82) is 0 Å². The minimum atomic E-state index is -0.385. The number of nitrogens with zero attached hydrogens (tertiary/aromatic N) is 1. The lowest BCUT2D eigenvalue weighted by atomic mass is 10.1. The Balaban J connectivity index is 1.42. The van der Waals surface area contributed by atoms with E-state index in [-0.39, 0.29) is 12.6 Å². The van der Waals surface area contributed by atoms with Crippen molar-refractivity contribution in [2.24, 2.45) is 0 Å². The van der Waals surface area contributed by atoms with Gasteiger partial charge in [0, 0.05) is 5.56 Å². The average Bonchev–Trinajstić information content (AvgIpc) is 3.17. The first-order chi connectivity index (χ1) is 15.5. The second kappa shape index (κ2) is 10.1. The number of esters is 1. The lowest BCUT2D eigenvalue weighted by Crippen LogP contribution is -2.14. The van der Waals surface area contributed by atoms with Gasteiger partial charge >= 0.3 is 5.97 Å². The van der Waals surface area contributed by atoms with Gasteiger partial charge in [0.05, 0.1) is 16.1 Å². The molecule has 4 rings (SSSR count). The molecule has 0 N–H and O–H groups in total. The van der Waals surface area contributed by atoms with Crippen molar-refractivity contribution >= 4 is 44.0 Å². The third kappa shape index (κ3) is 5.29. The number of carbonyl (C=O) groups is 1. The van der Waals surface area contributed by atoms with Gasteiger partial charge in [0.1, 0.15) is 23.1 Å². The summed E-state index contributed by atoms with van der Waals surface area (Å²) in [4.78, 5) is 16.2. The highest BCUT2D eigenvalue weighted by molar-refractivity contribution is 9.11. The molecule has 164 valence electrons. The number of fused-ring (bicyclic) bond motifs is 1. The Bertz CT molecular complexity index is 1250. The number of hydrogen-bond donors (Lipinski definition) is 0. The predicted molar refractivity (Wildman–Crippen MR) is 130 cm³/mol. The fraction of sp³-hybridized carbons (Fsp3) is 0.200. The molecule has 0 fully saturated rings. The number of aromatic nitrogens is 1. The third-order valence-corrected chi connectivity index (χ3v) is 6.49. The molecular formula is C25H22BrNO4S. The van der Waals surface area contributed by atoms with E-state index in [1.54, 1.807) is 24.3 Å². The molecule has 0 saturated heterocycles. The third-order valence-electron chi connectivity index (χ3n) is 4.81. The number of benzene rings is 3. The average molecular weight is 512 g/mol. The van der Waals surface area contributed by atoms with Crippen molar-refractivity contribution < 1.29 is 19.0 Å². The summed E-state index contributed by atoms with van der Waals surface area (Å²) in [5.41, 5.74) is 2.86. The molecule has 7 heteroatoms. The highest BCUT2D eigenvalue weighted by Gasteiger charge is 2.13. The van der Waals surface area contributed by atoms with Crippen molar-refractivity contribution in [3.8, 4) is 22.8 Å². The van der Waals surface area contributed by atoms with E-state index >= 15 is 0 Å². The molecule has 1 heterocycles. The zero-order chi connectivity index (χ0) is 22.5. The van der Waals surface area contributed by atoms with Gasteiger partial charge in [0.25, 0.3) is 0 Å². The smallest absolute Gasteiger partial charge is 0.344 e. The molecule has 0 amide bonds. The Labute approximate surface area is 199 Å². The van der Waals surface area contributed by atoms with Gasteiger partial charge in [-0.1, -0.05) is 36.4 Å². The maximum absolute atomic E-state index is 11.5. The van der Waals surface area contributed by atoms with Gasteiger partial charge in [-0.25, -0.2) is 9.78 Å². The first-order valence-electron chi connectivity index (χ1n) is 10.2. The lowest BCUT2D eigenvalue weighted by Gasteiger charge is -2.10. The molecule has 0 aliphatic heterocycles. The molecule has 0 spiro atoms. The summed E-state index contributed by atoms with van der Waals surface area (Å²) in [7, 11) is 0. The van der Waals surface area contributed by atoms with E-state index in [1.807, 2.05) is 31.2 Å². The van der Waals surface area contributed by atoms with Crippen molar-refractivity contribution in [3.05, 3.63) is 75.0 Å². The van der Waals surface area contributed by atoms with E-state index < -0.39 is 0 Å². The summed E-state index contributed by atoms with van der Waals surface area (Å²) in [5, 5.41) is 3.26. The number of hydrogen-bond acceptors (Lipinski definition) is 6. The number of aryl methyl sites for hydroxylation is 1. The van der Waals surface area contributed by atoms with Crippen LogP contribution in [0.3, 0.4) is 0 Å². The van der Waals surface area contributed by atoms with Crippen molar-refractivity contribution in [2.75, 3.05) is 13.2 Å². The maximum atomic E-state index is 11.5. The second-order valence-electron chi connectivity index (χ2n) is 7.10. The number of halogens is 1. The molecule has 5 nitrogen and oxygen atoms in total. The first kappa shape index (κ1) is 22.3. The van der Waals surface area contributed by atoms with Gasteiger partial charge in [0.2, 0.25) is 0 Å². The molecule has 0 radical (unpaired) electrons. The summed E-state index contributed by atoms with van der Waals surface area (Å²) < 4.78 is 17.3. The highest BCUT2D eigenvalue weighted by Crippen LogP contribution is 2.35. The quantitative estimate of drug-likeness (QED) is 0.251. The van der Waals surface area contributed by atoms with E-state index in [0.717, 1.165) is 25.6 Å². The van der Waals surface area contributed by atoms with Crippen LogP contribution in [0.15, 0.2) is 64.5 Å². The van der Waals surface area contributed by atoms with Crippen LogP contribution in [0.2, 0.25) is 0 Å². The Hall–Kier alpha value is -2.90. The standard InChI is InChI=1S/C25H22BrNO4S/c1-3-29-23(28)15-31-21-11-10-20(12-16(21)2)30-14-22-27-24(25(26)32-22)19-9-8-17-6-4-5-7-18(17)13-19/h4-13H,3,14-15H2,1-2H3. The maximum Gasteiger partial charge on any atom is 0.344 e. The zero-order valence-corrected chi connectivity index (χ0v) is 20.2. The molecular weight excluding hydrogens is 490 g/mol. The fourth-order valence-corrected chi connectivity index (χ4v) is 4.88. The zero-order valence-electron chi connectivity index (χ0n) is 17.8. The topological polar surface area (TPSA) is 57.7 Å². The van der Waals surface area contributed by atoms with Crippen LogP contribution in [-0.4, -0.2) is 24.2 Å². The molecule has 0 aliphatic rings. The first-order valence-corrected chi connectivity index (χ1v) is 11.8. The molecule has 0 atom stereocenters. The number of rotatable bonds is 8. The van der Waals surface area contributed by atoms with E-state index in [0.29, 0.717) is 24.7 Å². The minimum absolute atomic E-state index is 0.112. The van der Waals surface area contributed by atoms with Gasteiger partial charge in [-0.3, -0.25) is 0 Å². The van der Waals surface area contributed by atoms with Crippen molar-refractivity contribution in [2.45, 2.75) is 20.5 Å². The van der Waals surface area contributed by atoms with Crippen LogP contribution in [0.4, 0.5) is 0 Å². The van der Waals surface area contributed by atoms with Crippen LogP contribution in [0.25, 0.3) is 22.0 Å². The highest BCUT2D eigenvalue weighted by atomic mass is 79.9. The summed E-state index contributed by atoms with van der Waals surface area (Å²) >= 11 is 5.21. The summed E-state index contributed by atoms with van der Waals surface area (Å²) in [6.07, 6.45) is 0. The fourth-order valence-electron chi connectivity index (χ4n) is 3.28. The Morgan fingerprint density at radius 3 is 2.62 bits per heavy atom. The molecule has 0 bridgehead atoms. The van der Waals surface area contributed by atoms with Gasteiger partial charge in [0.15, 0.2) is 6.61 Å². The van der Waals surface area contributed by atoms with Crippen LogP contribution in [0.5, 0.6) is 11.5 Å². The Kier molecular flexibility index (Phi) is 7.07. The second-order valence-corrected chi connectivity index (χ2v) is 9.50. The van der Waals surface area contributed by atoms with Gasteiger partial charge in [-0.2, -0.15) is 0 Å². The predicted octanol–water partition coefficient (Wildman–Crippen LogP) is 6.56. The minimum Gasteiger partial charge on any atom is -0.486 e. The molecule has 0 unspecified atom stereocenters. The summed E-state index contributed by atoms with van der Waals surface area (Å²) in [6, 6.07) is 20.1. The van der Waals surface area contributed by atoms with E-state index in [4.69, 9.17) is 19.2 Å². The molecule has 4 aromatic rings. The van der Waals surface area contributed by atoms with Crippen LogP contribution in [-0.2, 0) is 16.1 Å².